The molecule has 0 spiro atoms. The van der Waals surface area contributed by atoms with E-state index < -0.39 is 33.0 Å². The van der Waals surface area contributed by atoms with Crippen LogP contribution < -0.4 is 10.5 Å². The van der Waals surface area contributed by atoms with Crippen LogP contribution in [0.1, 0.15) is 22.8 Å². The van der Waals surface area contributed by atoms with E-state index in [0.717, 1.165) is 10.6 Å². The van der Waals surface area contributed by atoms with Gasteiger partial charge in [-0.15, -0.1) is 0 Å². The number of pyridine rings is 1. The van der Waals surface area contributed by atoms with Gasteiger partial charge in [-0.05, 0) is 43.3 Å². The number of aryl methyl sites for hydroxylation is 1. The molecule has 3 aromatic rings. The second kappa shape index (κ2) is 6.50. The second-order valence-corrected chi connectivity index (χ2v) is 7.43. The minimum absolute atomic E-state index is 0.196. The number of nitrogens with zero attached hydrogens (tertiary/aromatic N) is 2. The molecule has 0 saturated carbocycles. The van der Waals surface area contributed by atoms with Crippen molar-refractivity contribution in [2.75, 3.05) is 12.8 Å². The summed E-state index contributed by atoms with van der Waals surface area (Å²) in [6.45, 7) is 1.67. The van der Waals surface area contributed by atoms with E-state index in [9.17, 15) is 17.6 Å². The lowest BCUT2D eigenvalue weighted by Crippen LogP contribution is -2.24. The third kappa shape index (κ3) is 2.74. The van der Waals surface area contributed by atoms with Crippen LogP contribution in [-0.4, -0.2) is 30.9 Å². The minimum Gasteiger partial charge on any atom is -0.397 e. The summed E-state index contributed by atoms with van der Waals surface area (Å²) in [6.07, 6.45) is 3.18. The number of hydrogen-bond acceptors (Lipinski definition) is 5. The summed E-state index contributed by atoms with van der Waals surface area (Å²) >= 11 is 0. The normalized spacial score (nSPS) is 11.8. The van der Waals surface area contributed by atoms with Crippen molar-refractivity contribution in [1.82, 2.24) is 14.3 Å². The molecular formula is C17H17FN4O3S. The SMILES string of the molecule is CCc1cc(F)c(C(=O)n2ccc3cccnc32)c(N)c1S(=O)(=O)NC. The van der Waals surface area contributed by atoms with Gasteiger partial charge in [0, 0.05) is 17.8 Å². The van der Waals surface area contributed by atoms with Gasteiger partial charge < -0.3 is 5.73 Å². The predicted molar refractivity (Wildman–Crippen MR) is 95.9 cm³/mol. The maximum Gasteiger partial charge on any atom is 0.268 e. The first-order valence-corrected chi connectivity index (χ1v) is 9.31. The van der Waals surface area contributed by atoms with Gasteiger partial charge in [-0.3, -0.25) is 9.36 Å². The highest BCUT2D eigenvalue weighted by molar-refractivity contribution is 7.89. The van der Waals surface area contributed by atoms with E-state index >= 15 is 0 Å². The van der Waals surface area contributed by atoms with Crippen LogP contribution in [0.2, 0.25) is 0 Å². The summed E-state index contributed by atoms with van der Waals surface area (Å²) in [4.78, 5) is 16.8. The van der Waals surface area contributed by atoms with Crippen molar-refractivity contribution in [1.29, 1.82) is 0 Å². The number of halogens is 1. The number of carbonyl (C=O) groups is 1. The summed E-state index contributed by atoms with van der Waals surface area (Å²) in [5.41, 5.74) is 5.56. The maximum atomic E-state index is 14.7. The molecule has 1 aromatic carbocycles. The smallest absolute Gasteiger partial charge is 0.268 e. The molecule has 0 bridgehead atoms. The quantitative estimate of drug-likeness (QED) is 0.677. The van der Waals surface area contributed by atoms with Crippen LogP contribution in [0.4, 0.5) is 10.1 Å². The molecular weight excluding hydrogens is 359 g/mol. The summed E-state index contributed by atoms with van der Waals surface area (Å²) < 4.78 is 42.7. The Balaban J connectivity index is 2.28. The molecule has 9 heteroatoms. The molecule has 2 aromatic heterocycles. The largest absolute Gasteiger partial charge is 0.397 e. The Morgan fingerprint density at radius 3 is 2.77 bits per heavy atom. The monoisotopic (exact) mass is 376 g/mol. The van der Waals surface area contributed by atoms with E-state index in [-0.39, 0.29) is 16.9 Å². The van der Waals surface area contributed by atoms with E-state index in [4.69, 9.17) is 5.73 Å². The van der Waals surface area contributed by atoms with Gasteiger partial charge in [0.25, 0.3) is 5.91 Å². The fraction of sp³-hybridized carbons (Fsp3) is 0.176. The van der Waals surface area contributed by atoms with Crippen molar-refractivity contribution >= 4 is 32.7 Å². The number of rotatable bonds is 4. The van der Waals surface area contributed by atoms with Crippen LogP contribution in [0.15, 0.2) is 41.6 Å². The molecule has 2 heterocycles. The number of sulfonamides is 1. The predicted octanol–water partition coefficient (Wildman–Crippen LogP) is 1.92. The summed E-state index contributed by atoms with van der Waals surface area (Å²) in [5, 5.41) is 0.688. The molecule has 7 nitrogen and oxygen atoms in total. The lowest BCUT2D eigenvalue weighted by atomic mass is 10.1. The van der Waals surface area contributed by atoms with Crippen LogP contribution in [0.5, 0.6) is 0 Å². The molecule has 0 atom stereocenters. The zero-order chi connectivity index (χ0) is 19.1. The fourth-order valence-electron chi connectivity index (χ4n) is 2.86. The lowest BCUT2D eigenvalue weighted by Gasteiger charge is -2.16. The van der Waals surface area contributed by atoms with Gasteiger partial charge in [-0.1, -0.05) is 6.92 Å². The summed E-state index contributed by atoms with van der Waals surface area (Å²) in [7, 11) is -2.75. The summed E-state index contributed by atoms with van der Waals surface area (Å²) in [5.74, 6) is -1.67. The van der Waals surface area contributed by atoms with Crippen LogP contribution in [0, 0.1) is 5.82 Å². The molecule has 0 saturated heterocycles. The van der Waals surface area contributed by atoms with Crippen LogP contribution >= 0.6 is 0 Å². The Kier molecular flexibility index (Phi) is 4.51. The molecule has 0 fully saturated rings. The van der Waals surface area contributed by atoms with Gasteiger partial charge in [-0.25, -0.2) is 22.5 Å². The zero-order valence-electron chi connectivity index (χ0n) is 14.2. The van der Waals surface area contributed by atoms with Gasteiger partial charge >= 0.3 is 0 Å². The van der Waals surface area contributed by atoms with Gasteiger partial charge in [0.1, 0.15) is 21.9 Å². The van der Waals surface area contributed by atoms with Gasteiger partial charge in [0.15, 0.2) is 0 Å². The Morgan fingerprint density at radius 2 is 2.12 bits per heavy atom. The number of carbonyl (C=O) groups excluding carboxylic acids is 1. The average Bonchev–Trinajstić information content (AvgIpc) is 3.04. The molecule has 0 radical (unpaired) electrons. The van der Waals surface area contributed by atoms with Crippen molar-refractivity contribution in [3.8, 4) is 0 Å². The molecule has 0 amide bonds. The van der Waals surface area contributed by atoms with E-state index in [1.54, 1.807) is 25.1 Å². The van der Waals surface area contributed by atoms with Crippen molar-refractivity contribution < 1.29 is 17.6 Å². The minimum atomic E-state index is -3.97. The van der Waals surface area contributed by atoms with Crippen LogP contribution in [0.25, 0.3) is 11.0 Å². The topological polar surface area (TPSA) is 107 Å². The van der Waals surface area contributed by atoms with E-state index in [2.05, 4.69) is 9.71 Å². The fourth-order valence-corrected chi connectivity index (χ4v) is 4.00. The first-order valence-electron chi connectivity index (χ1n) is 7.83. The first-order chi connectivity index (χ1) is 12.3. The zero-order valence-corrected chi connectivity index (χ0v) is 15.0. The van der Waals surface area contributed by atoms with Crippen LogP contribution in [-0.2, 0) is 16.4 Å². The molecule has 3 rings (SSSR count). The Bertz CT molecular complexity index is 1120. The summed E-state index contributed by atoms with van der Waals surface area (Å²) in [6, 6.07) is 6.15. The molecule has 136 valence electrons. The maximum absolute atomic E-state index is 14.7. The van der Waals surface area contributed by atoms with Crippen molar-refractivity contribution in [3.63, 3.8) is 0 Å². The number of anilines is 1. The van der Waals surface area contributed by atoms with Crippen molar-refractivity contribution in [2.24, 2.45) is 0 Å². The molecule has 0 unspecified atom stereocenters. The number of fused-ring (bicyclic) bond motifs is 1. The third-order valence-corrected chi connectivity index (χ3v) is 5.70. The Hall–Kier alpha value is -2.78. The van der Waals surface area contributed by atoms with Crippen LogP contribution in [0.3, 0.4) is 0 Å². The lowest BCUT2D eigenvalue weighted by molar-refractivity contribution is 0.0961. The number of nitrogens with two attached hydrogens (primary N) is 1. The molecule has 0 aliphatic heterocycles. The van der Waals surface area contributed by atoms with Gasteiger partial charge in [0.2, 0.25) is 10.0 Å². The number of nitrogens with one attached hydrogen (secondary N) is 1. The van der Waals surface area contributed by atoms with Gasteiger partial charge in [0.05, 0.1) is 5.69 Å². The first kappa shape index (κ1) is 18.0. The standard InChI is InChI=1S/C17H17FN4O3S/c1-3-10-9-12(18)13(14(19)15(10)26(24,25)20-2)17(23)22-8-6-11-5-4-7-21-16(11)22/h4-9,20H,3,19H2,1-2H3. The van der Waals surface area contributed by atoms with Crippen molar-refractivity contribution in [3.05, 3.63) is 53.6 Å². The Morgan fingerprint density at radius 1 is 1.38 bits per heavy atom. The Labute approximate surface area is 149 Å². The second-order valence-electron chi connectivity index (χ2n) is 5.60. The molecule has 0 aliphatic carbocycles. The van der Waals surface area contributed by atoms with E-state index in [1.165, 1.54) is 19.4 Å². The number of aromatic nitrogens is 2. The van der Waals surface area contributed by atoms with Gasteiger partial charge in [-0.2, -0.15) is 0 Å². The molecule has 26 heavy (non-hydrogen) atoms. The molecule has 3 N–H and O–H groups in total. The highest BCUT2D eigenvalue weighted by atomic mass is 32.2. The number of benzene rings is 1. The average molecular weight is 376 g/mol. The van der Waals surface area contributed by atoms with E-state index in [0.29, 0.717) is 11.0 Å². The highest BCUT2D eigenvalue weighted by Gasteiger charge is 2.28. The number of nitrogen functional groups attached to an aromatic ring is 1. The van der Waals surface area contributed by atoms with Crippen molar-refractivity contribution in [2.45, 2.75) is 18.2 Å². The highest BCUT2D eigenvalue weighted by Crippen LogP contribution is 2.31. The third-order valence-electron chi connectivity index (χ3n) is 4.14. The molecule has 0 aliphatic rings. The van der Waals surface area contributed by atoms with E-state index in [1.807, 2.05) is 0 Å². The number of hydrogen-bond donors (Lipinski definition) is 2.